The lowest BCUT2D eigenvalue weighted by molar-refractivity contribution is 0.300. The predicted molar refractivity (Wildman–Crippen MR) is 130 cm³/mol. The fraction of sp³-hybridized carbons (Fsp3) is 0.269. The minimum absolute atomic E-state index is 0.454. The fourth-order valence-corrected chi connectivity index (χ4v) is 3.61. The van der Waals surface area contributed by atoms with Gasteiger partial charge in [-0.1, -0.05) is 24.3 Å². The van der Waals surface area contributed by atoms with E-state index in [0.29, 0.717) is 6.61 Å². The van der Waals surface area contributed by atoms with Crippen molar-refractivity contribution in [3.63, 3.8) is 0 Å². The first-order valence-corrected chi connectivity index (χ1v) is 10.9. The Balaban J connectivity index is 1.38. The molecule has 4 aromatic rings. The van der Waals surface area contributed by atoms with Gasteiger partial charge in [0, 0.05) is 31.4 Å². The number of nitrogens with one attached hydrogen (secondary N) is 1. The van der Waals surface area contributed by atoms with E-state index in [1.54, 1.807) is 11.8 Å². The van der Waals surface area contributed by atoms with E-state index >= 15 is 0 Å². The fourth-order valence-electron chi connectivity index (χ4n) is 3.61. The summed E-state index contributed by atoms with van der Waals surface area (Å²) in [5.41, 5.74) is 5.06. The van der Waals surface area contributed by atoms with Crippen molar-refractivity contribution in [3.8, 4) is 22.8 Å². The molecule has 0 fully saturated rings. The van der Waals surface area contributed by atoms with Crippen molar-refractivity contribution in [1.82, 2.24) is 19.7 Å². The van der Waals surface area contributed by atoms with Crippen molar-refractivity contribution in [2.45, 2.75) is 26.9 Å². The van der Waals surface area contributed by atoms with E-state index in [4.69, 9.17) is 9.47 Å². The van der Waals surface area contributed by atoms with Gasteiger partial charge >= 0.3 is 0 Å². The molecule has 2 aromatic carbocycles. The van der Waals surface area contributed by atoms with Crippen molar-refractivity contribution >= 4 is 5.82 Å². The molecule has 0 aliphatic heterocycles. The molecule has 0 saturated carbocycles. The topological polar surface area (TPSA) is 74.1 Å². The summed E-state index contributed by atoms with van der Waals surface area (Å²) in [4.78, 5) is 9.15. The molecule has 2 aromatic heterocycles. The van der Waals surface area contributed by atoms with E-state index in [2.05, 4.69) is 38.6 Å². The second-order valence-electron chi connectivity index (χ2n) is 7.96. The van der Waals surface area contributed by atoms with Crippen molar-refractivity contribution in [1.29, 1.82) is 0 Å². The number of hydrogen-bond acceptors (Lipinski definition) is 6. The van der Waals surface area contributed by atoms with Crippen LogP contribution in [-0.4, -0.2) is 33.4 Å². The van der Waals surface area contributed by atoms with E-state index < -0.39 is 0 Å². The molecule has 4 rings (SSSR count). The molecule has 7 nitrogen and oxygen atoms in total. The van der Waals surface area contributed by atoms with Gasteiger partial charge < -0.3 is 14.8 Å². The number of benzene rings is 2. The van der Waals surface area contributed by atoms with Crippen LogP contribution in [0, 0.1) is 13.8 Å². The number of anilines is 1. The van der Waals surface area contributed by atoms with Crippen LogP contribution in [0.25, 0.3) is 11.3 Å². The number of aromatic nitrogens is 4. The first kappa shape index (κ1) is 22.3. The Morgan fingerprint density at radius 3 is 2.67 bits per heavy atom. The molecule has 1 N–H and O–H groups in total. The summed E-state index contributed by atoms with van der Waals surface area (Å²) in [7, 11) is 3.58. The molecule has 0 radical (unpaired) electrons. The molecule has 170 valence electrons. The quantitative estimate of drug-likeness (QED) is 0.403. The molecule has 0 unspecified atom stereocenters. The highest BCUT2D eigenvalue weighted by molar-refractivity contribution is 5.65. The molecule has 0 saturated heterocycles. The van der Waals surface area contributed by atoms with Gasteiger partial charge in [0.05, 0.1) is 18.5 Å². The SMILES string of the molecule is COc1cc(-c2cc(NCCc3cccc(OCc4ccn(C)n4)c3)nc(C)n2)ccc1C. The third kappa shape index (κ3) is 5.88. The maximum Gasteiger partial charge on any atom is 0.132 e. The Labute approximate surface area is 194 Å². The van der Waals surface area contributed by atoms with Crippen LogP contribution in [0.2, 0.25) is 0 Å². The summed E-state index contributed by atoms with van der Waals surface area (Å²) in [6, 6.07) is 18.2. The lowest BCUT2D eigenvalue weighted by Gasteiger charge is -2.11. The highest BCUT2D eigenvalue weighted by Crippen LogP contribution is 2.27. The average Bonchev–Trinajstić information content (AvgIpc) is 3.23. The molecule has 0 amide bonds. The summed E-state index contributed by atoms with van der Waals surface area (Å²) in [6.07, 6.45) is 2.76. The van der Waals surface area contributed by atoms with Crippen molar-refractivity contribution in [2.75, 3.05) is 19.0 Å². The first-order valence-electron chi connectivity index (χ1n) is 10.9. The van der Waals surface area contributed by atoms with E-state index in [1.165, 1.54) is 5.56 Å². The lowest BCUT2D eigenvalue weighted by Crippen LogP contribution is -2.08. The lowest BCUT2D eigenvalue weighted by atomic mass is 10.1. The van der Waals surface area contributed by atoms with Gasteiger partial charge in [0.1, 0.15) is 29.7 Å². The molecule has 0 atom stereocenters. The maximum atomic E-state index is 5.89. The molecular weight excluding hydrogens is 414 g/mol. The third-order valence-corrected chi connectivity index (χ3v) is 5.32. The van der Waals surface area contributed by atoms with Gasteiger partial charge in [0.25, 0.3) is 0 Å². The van der Waals surface area contributed by atoms with Crippen LogP contribution in [0.3, 0.4) is 0 Å². The first-order chi connectivity index (χ1) is 16.0. The van der Waals surface area contributed by atoms with E-state index in [1.807, 2.05) is 63.5 Å². The van der Waals surface area contributed by atoms with Crippen LogP contribution in [0.1, 0.15) is 22.6 Å². The molecule has 0 bridgehead atoms. The Morgan fingerprint density at radius 1 is 1.00 bits per heavy atom. The van der Waals surface area contributed by atoms with Gasteiger partial charge in [-0.3, -0.25) is 4.68 Å². The minimum Gasteiger partial charge on any atom is -0.496 e. The standard InChI is InChI=1S/C26H29N5O2/c1-18-8-9-21(15-25(18)32-4)24-16-26(29-19(2)28-24)27-12-10-20-6-5-7-23(14-20)33-17-22-11-13-31(3)30-22/h5-9,11,13-16H,10,12,17H2,1-4H3,(H,27,28,29). The Morgan fingerprint density at radius 2 is 1.88 bits per heavy atom. The predicted octanol–water partition coefficient (Wildman–Crippen LogP) is 4.74. The summed E-state index contributed by atoms with van der Waals surface area (Å²) in [5, 5.41) is 7.77. The van der Waals surface area contributed by atoms with E-state index in [0.717, 1.165) is 58.6 Å². The van der Waals surface area contributed by atoms with Crippen LogP contribution < -0.4 is 14.8 Å². The van der Waals surface area contributed by atoms with Gasteiger partial charge in [-0.15, -0.1) is 0 Å². The second kappa shape index (κ2) is 10.2. The van der Waals surface area contributed by atoms with E-state index in [-0.39, 0.29) is 0 Å². The zero-order valence-corrected chi connectivity index (χ0v) is 19.5. The van der Waals surface area contributed by atoms with E-state index in [9.17, 15) is 0 Å². The van der Waals surface area contributed by atoms with Crippen molar-refractivity contribution < 1.29 is 9.47 Å². The van der Waals surface area contributed by atoms with Gasteiger partial charge in [-0.25, -0.2) is 9.97 Å². The minimum atomic E-state index is 0.454. The summed E-state index contributed by atoms with van der Waals surface area (Å²) >= 11 is 0. The molecule has 0 spiro atoms. The molecule has 2 heterocycles. The average molecular weight is 444 g/mol. The maximum absolute atomic E-state index is 5.89. The zero-order chi connectivity index (χ0) is 23.2. The Kier molecular flexibility index (Phi) is 6.88. The van der Waals surface area contributed by atoms with Gasteiger partial charge in [0.15, 0.2) is 0 Å². The normalized spacial score (nSPS) is 10.8. The number of hydrogen-bond donors (Lipinski definition) is 1. The highest BCUT2D eigenvalue weighted by atomic mass is 16.5. The number of ether oxygens (including phenoxy) is 2. The van der Waals surface area contributed by atoms with Crippen LogP contribution in [0.4, 0.5) is 5.82 Å². The van der Waals surface area contributed by atoms with Crippen LogP contribution in [-0.2, 0) is 20.1 Å². The molecule has 0 aliphatic rings. The molecule has 7 heteroatoms. The highest BCUT2D eigenvalue weighted by Gasteiger charge is 2.08. The third-order valence-electron chi connectivity index (χ3n) is 5.32. The van der Waals surface area contributed by atoms with Crippen LogP contribution >= 0.6 is 0 Å². The van der Waals surface area contributed by atoms with Crippen LogP contribution in [0.5, 0.6) is 11.5 Å². The zero-order valence-electron chi connectivity index (χ0n) is 19.5. The molecule has 0 aliphatic carbocycles. The number of rotatable bonds is 9. The van der Waals surface area contributed by atoms with Crippen LogP contribution in [0.15, 0.2) is 60.8 Å². The monoisotopic (exact) mass is 443 g/mol. The van der Waals surface area contributed by atoms with Gasteiger partial charge in [-0.05, 0) is 55.7 Å². The largest absolute Gasteiger partial charge is 0.496 e. The van der Waals surface area contributed by atoms with Crippen molar-refractivity contribution in [2.24, 2.45) is 7.05 Å². The number of aryl methyl sites for hydroxylation is 3. The smallest absolute Gasteiger partial charge is 0.132 e. The molecular formula is C26H29N5O2. The molecule has 33 heavy (non-hydrogen) atoms. The number of methoxy groups -OCH3 is 1. The Bertz CT molecular complexity index is 1240. The summed E-state index contributed by atoms with van der Waals surface area (Å²) < 4.78 is 13.1. The Hall–Kier alpha value is -3.87. The summed E-state index contributed by atoms with van der Waals surface area (Å²) in [5.74, 6) is 3.22. The van der Waals surface area contributed by atoms with Gasteiger partial charge in [0.2, 0.25) is 0 Å². The second-order valence-corrected chi connectivity index (χ2v) is 7.96. The van der Waals surface area contributed by atoms with Crippen molar-refractivity contribution in [3.05, 3.63) is 83.4 Å². The summed E-state index contributed by atoms with van der Waals surface area (Å²) in [6.45, 7) is 5.13. The number of nitrogens with zero attached hydrogens (tertiary/aromatic N) is 4. The van der Waals surface area contributed by atoms with Gasteiger partial charge in [-0.2, -0.15) is 5.10 Å².